The van der Waals surface area contributed by atoms with Crippen LogP contribution in [-0.4, -0.2) is 75.5 Å². The Morgan fingerprint density at radius 2 is 2.02 bits per heavy atom. The minimum atomic E-state index is -4.78. The Hall–Kier alpha value is -3.66. The van der Waals surface area contributed by atoms with Crippen LogP contribution in [-0.2, 0) is 17.1 Å². The zero-order valence-electron chi connectivity index (χ0n) is 28.4. The molecule has 0 spiro atoms. The lowest BCUT2D eigenvalue weighted by Crippen LogP contribution is -2.43. The number of pyridine rings is 1. The first kappa shape index (κ1) is 24.9. The molecule has 1 aliphatic heterocycles. The smallest absolute Gasteiger partial charge is 0.399 e. The van der Waals surface area contributed by atoms with E-state index in [0.29, 0.717) is 0 Å². The highest BCUT2D eigenvalue weighted by Crippen LogP contribution is 2.39. The third-order valence-electron chi connectivity index (χ3n) is 6.78. The summed E-state index contributed by atoms with van der Waals surface area (Å²) < 4.78 is 117. The Bertz CT molecular complexity index is 1780. The van der Waals surface area contributed by atoms with E-state index in [-0.39, 0.29) is 33.7 Å². The van der Waals surface area contributed by atoms with Gasteiger partial charge in [-0.1, -0.05) is 6.85 Å². The van der Waals surface area contributed by atoms with Crippen LogP contribution in [0.15, 0.2) is 35.5 Å². The van der Waals surface area contributed by atoms with Gasteiger partial charge in [-0.2, -0.15) is 18.3 Å². The van der Waals surface area contributed by atoms with Gasteiger partial charge in [0.15, 0.2) is 5.82 Å². The summed E-state index contributed by atoms with van der Waals surface area (Å²) >= 11 is 0. The minimum Gasteiger partial charge on any atom is -0.476 e. The molecular formula is C26H34F3N7O5S. The van der Waals surface area contributed by atoms with E-state index in [2.05, 4.69) is 15.2 Å². The number of hydrogen-bond acceptors (Lipinski definition) is 9. The molecule has 3 aromatic rings. The second-order valence-electron chi connectivity index (χ2n) is 10.7. The number of nitrogens with one attached hydrogen (secondary N) is 1. The van der Waals surface area contributed by atoms with E-state index in [4.69, 9.17) is 11.6 Å². The van der Waals surface area contributed by atoms with E-state index < -0.39 is 72.0 Å². The number of carbonyl (C=O) groups is 1. The van der Waals surface area contributed by atoms with Crippen LogP contribution in [0.25, 0.3) is 5.82 Å². The molecule has 1 amide bonds. The number of alkyl halides is 3. The number of aliphatic hydroxyl groups excluding tert-OH is 1. The van der Waals surface area contributed by atoms with Crippen molar-refractivity contribution in [1.82, 2.24) is 29.3 Å². The van der Waals surface area contributed by atoms with Gasteiger partial charge in [-0.3, -0.25) is 9.48 Å². The highest BCUT2D eigenvalue weighted by atomic mass is 32.2. The van der Waals surface area contributed by atoms with Crippen LogP contribution in [0.3, 0.4) is 0 Å². The van der Waals surface area contributed by atoms with Gasteiger partial charge in [-0.15, -0.1) is 5.10 Å². The summed E-state index contributed by atoms with van der Waals surface area (Å²) in [7, 11) is -2.97. The van der Waals surface area contributed by atoms with Crippen molar-refractivity contribution in [3.05, 3.63) is 41.9 Å². The molecule has 0 bridgehead atoms. The summed E-state index contributed by atoms with van der Waals surface area (Å²) in [6, 6.07) is 3.66. The van der Waals surface area contributed by atoms with Crippen LogP contribution in [0.2, 0.25) is 0 Å². The van der Waals surface area contributed by atoms with Crippen molar-refractivity contribution >= 4 is 21.7 Å². The molecule has 42 heavy (non-hydrogen) atoms. The predicted molar refractivity (Wildman–Crippen MR) is 146 cm³/mol. The molecule has 1 saturated heterocycles. The van der Waals surface area contributed by atoms with Gasteiger partial charge in [0.05, 0.1) is 17.9 Å². The van der Waals surface area contributed by atoms with Crippen molar-refractivity contribution in [3.63, 3.8) is 0 Å². The number of anilines is 1. The molecule has 0 saturated carbocycles. The van der Waals surface area contributed by atoms with Gasteiger partial charge in [-0.05, 0) is 52.1 Å². The number of sulfonamides is 1. The number of aliphatic hydroxyl groups is 1. The highest BCUT2D eigenvalue weighted by molar-refractivity contribution is 7.90. The van der Waals surface area contributed by atoms with Crippen molar-refractivity contribution in [2.24, 2.45) is 18.4 Å². The Morgan fingerprint density at radius 3 is 2.60 bits per heavy atom. The van der Waals surface area contributed by atoms with E-state index in [1.54, 1.807) is 0 Å². The number of ether oxygens (including phenoxy) is 1. The van der Waals surface area contributed by atoms with Crippen molar-refractivity contribution in [3.8, 4) is 11.7 Å². The maximum atomic E-state index is 13.6. The average molecular weight is 624 g/mol. The number of aryl methyl sites for hydroxylation is 2. The Balaban J connectivity index is 1.78. The monoisotopic (exact) mass is 623 g/mol. The molecule has 2 atom stereocenters. The highest BCUT2D eigenvalue weighted by Gasteiger charge is 2.51. The van der Waals surface area contributed by atoms with Gasteiger partial charge in [0, 0.05) is 44.4 Å². The van der Waals surface area contributed by atoms with Gasteiger partial charge < -0.3 is 14.7 Å². The van der Waals surface area contributed by atoms with Gasteiger partial charge in [0.25, 0.3) is 15.9 Å². The third kappa shape index (κ3) is 6.09. The van der Waals surface area contributed by atoms with Crippen LogP contribution in [0.4, 0.5) is 19.0 Å². The van der Waals surface area contributed by atoms with Crippen LogP contribution in [0, 0.1) is 18.3 Å². The number of carbonyl (C=O) groups excluding carboxylic acids is 1. The van der Waals surface area contributed by atoms with Crippen molar-refractivity contribution < 1.29 is 43.1 Å². The fraction of sp³-hybridized carbons (Fsp3) is 0.538. The maximum absolute atomic E-state index is 13.6. The van der Waals surface area contributed by atoms with E-state index >= 15 is 0 Å². The first-order chi connectivity index (χ1) is 21.4. The molecule has 2 N–H and O–H groups in total. The molecular weight excluding hydrogens is 579 g/mol. The van der Waals surface area contributed by atoms with Gasteiger partial charge >= 0.3 is 6.18 Å². The number of rotatable bonds is 9. The van der Waals surface area contributed by atoms with Crippen molar-refractivity contribution in [2.45, 2.75) is 57.5 Å². The first-order valence-electron chi connectivity index (χ1n) is 15.1. The van der Waals surface area contributed by atoms with Gasteiger partial charge in [0.2, 0.25) is 5.88 Å². The Morgan fingerprint density at radius 1 is 1.31 bits per heavy atom. The lowest BCUT2D eigenvalue weighted by atomic mass is 9.92. The third-order valence-corrected chi connectivity index (χ3v) is 8.22. The summed E-state index contributed by atoms with van der Waals surface area (Å²) in [5.41, 5.74) is -4.41. The molecule has 4 heterocycles. The SMILES string of the molecule is [3H]C([3H])([3H])[C@@H]1CN(c2nc(-n3ccc(OCC(C)(CO)C(F)(F)F)n3)ccc2C(=O)NS(=O)(=O)c2cn(C)nc2C)C(C)(C)C1([3H])[3H]. The predicted octanol–water partition coefficient (Wildman–Crippen LogP) is 2.99. The molecule has 3 aromatic heterocycles. The fourth-order valence-corrected chi connectivity index (χ4v) is 5.48. The summed E-state index contributed by atoms with van der Waals surface area (Å²) in [5, 5.41) is 17.4. The van der Waals surface area contributed by atoms with Gasteiger partial charge in [-0.25, -0.2) is 22.8 Å². The summed E-state index contributed by atoms with van der Waals surface area (Å²) in [6.07, 6.45) is -4.66. The van der Waals surface area contributed by atoms with E-state index in [9.17, 15) is 31.5 Å². The molecule has 0 aromatic carbocycles. The van der Waals surface area contributed by atoms with Crippen LogP contribution >= 0.6 is 0 Å². The molecule has 1 aliphatic rings. The molecule has 1 unspecified atom stereocenters. The number of halogens is 3. The molecule has 0 radical (unpaired) electrons. The summed E-state index contributed by atoms with van der Waals surface area (Å²) in [4.78, 5) is 19.0. The quantitative estimate of drug-likeness (QED) is 0.368. The second-order valence-corrected chi connectivity index (χ2v) is 12.3. The number of amides is 1. The summed E-state index contributed by atoms with van der Waals surface area (Å²) in [6.45, 7) is -0.345. The topological polar surface area (TPSA) is 144 Å². The molecule has 12 nitrogen and oxygen atoms in total. The van der Waals surface area contributed by atoms with Crippen LogP contribution in [0.1, 0.15) is 56.9 Å². The fourth-order valence-electron chi connectivity index (χ4n) is 4.30. The van der Waals surface area contributed by atoms with E-state index in [1.807, 2.05) is 4.72 Å². The van der Waals surface area contributed by atoms with E-state index in [0.717, 1.165) is 11.6 Å². The largest absolute Gasteiger partial charge is 0.476 e. The minimum absolute atomic E-state index is 0.0493. The van der Waals surface area contributed by atoms with Crippen molar-refractivity contribution in [2.75, 3.05) is 24.7 Å². The zero-order valence-corrected chi connectivity index (χ0v) is 24.2. The Labute approximate surface area is 248 Å². The van der Waals surface area contributed by atoms with E-state index in [1.165, 1.54) is 68.0 Å². The molecule has 0 aliphatic carbocycles. The van der Waals surface area contributed by atoms with Crippen molar-refractivity contribution in [1.29, 1.82) is 0 Å². The normalized spacial score (nSPS) is 21.9. The number of hydrogen-bond donors (Lipinski definition) is 2. The molecule has 230 valence electrons. The Kier molecular flexibility index (Phi) is 6.45. The average Bonchev–Trinajstić information content (AvgIpc) is 3.60. The molecule has 4 rings (SSSR count). The second kappa shape index (κ2) is 10.9. The number of nitrogens with zero attached hydrogens (tertiary/aromatic N) is 6. The zero-order chi connectivity index (χ0) is 35.5. The lowest BCUT2D eigenvalue weighted by molar-refractivity contribution is -0.237. The molecule has 1 fully saturated rings. The lowest BCUT2D eigenvalue weighted by Gasteiger charge is -2.34. The van der Waals surface area contributed by atoms with Gasteiger partial charge in [0.1, 0.15) is 22.7 Å². The van der Waals surface area contributed by atoms with Crippen LogP contribution in [0.5, 0.6) is 5.88 Å². The number of aromatic nitrogens is 5. The van der Waals surface area contributed by atoms with Crippen LogP contribution < -0.4 is 14.4 Å². The summed E-state index contributed by atoms with van der Waals surface area (Å²) in [5.74, 6) is -3.28. The first-order valence-corrected chi connectivity index (χ1v) is 14.1. The standard InChI is InChI=1S/C26H34F3N7O5S/c1-16-11-24(3,4)35(12-16)22-18(23(38)33-42(39,40)19-13-34(6)31-17(19)2)7-8-20(30-22)36-10-9-21(32-36)41-15-25(5,14-37)26(27,28)29/h7-10,13,16,37H,11-12,14-15H2,1-6H3,(H,33,38)/t16-,25?/m0/s1/i1T3,11T2. The molecule has 16 heteroatoms. The maximum Gasteiger partial charge on any atom is 0.399 e.